The molecule has 2 aliphatic heterocycles. The molecule has 3 aliphatic rings. The Hall–Kier alpha value is -1.98. The van der Waals surface area contributed by atoms with Gasteiger partial charge in [0.1, 0.15) is 18.2 Å². The Kier molecular flexibility index (Phi) is 4.58. The van der Waals surface area contributed by atoms with E-state index < -0.39 is 0 Å². The SMILES string of the molecule is COCCOc1cccc(CN2C3CCC2c2cnc(C4CC4)nc2C3)c1. The zero-order valence-electron chi connectivity index (χ0n) is 15.9. The number of fused-ring (bicyclic) bond motifs is 4. The van der Waals surface area contributed by atoms with E-state index in [-0.39, 0.29) is 0 Å². The first-order valence-electron chi connectivity index (χ1n) is 10.1. The molecule has 5 nitrogen and oxygen atoms in total. The average Bonchev–Trinajstić information content (AvgIpc) is 3.49. The fourth-order valence-corrected chi connectivity index (χ4v) is 4.56. The van der Waals surface area contributed by atoms with Gasteiger partial charge in [0.05, 0.1) is 12.3 Å². The minimum Gasteiger partial charge on any atom is -0.491 e. The first kappa shape index (κ1) is 17.1. The number of benzene rings is 1. The molecule has 1 saturated carbocycles. The van der Waals surface area contributed by atoms with E-state index in [9.17, 15) is 0 Å². The molecule has 1 aromatic carbocycles. The van der Waals surface area contributed by atoms with Gasteiger partial charge in [-0.05, 0) is 43.4 Å². The van der Waals surface area contributed by atoms with Gasteiger partial charge in [0.2, 0.25) is 0 Å². The largest absolute Gasteiger partial charge is 0.491 e. The molecule has 27 heavy (non-hydrogen) atoms. The molecule has 2 atom stereocenters. The highest BCUT2D eigenvalue weighted by molar-refractivity contribution is 5.32. The van der Waals surface area contributed by atoms with E-state index in [0.29, 0.717) is 31.2 Å². The number of nitrogens with zero attached hydrogens (tertiary/aromatic N) is 3. The van der Waals surface area contributed by atoms with Gasteiger partial charge in [-0.1, -0.05) is 12.1 Å². The number of rotatable bonds is 7. The molecule has 3 heterocycles. The summed E-state index contributed by atoms with van der Waals surface area (Å²) in [6.07, 6.45) is 8.19. The van der Waals surface area contributed by atoms with E-state index in [0.717, 1.165) is 24.5 Å². The van der Waals surface area contributed by atoms with Crippen LogP contribution in [-0.4, -0.2) is 41.2 Å². The normalized spacial score (nSPS) is 24.0. The van der Waals surface area contributed by atoms with E-state index in [2.05, 4.69) is 29.3 Å². The molecule has 1 aliphatic carbocycles. The Labute approximate surface area is 160 Å². The van der Waals surface area contributed by atoms with Crippen LogP contribution in [0.3, 0.4) is 0 Å². The molecule has 0 radical (unpaired) electrons. The fraction of sp³-hybridized carbons (Fsp3) is 0.545. The van der Waals surface area contributed by atoms with Crippen LogP contribution >= 0.6 is 0 Å². The number of hydrogen-bond acceptors (Lipinski definition) is 5. The van der Waals surface area contributed by atoms with E-state index in [1.165, 1.54) is 42.5 Å². The van der Waals surface area contributed by atoms with Crippen molar-refractivity contribution in [2.45, 2.75) is 56.7 Å². The van der Waals surface area contributed by atoms with Gasteiger partial charge in [-0.2, -0.15) is 0 Å². The van der Waals surface area contributed by atoms with Gasteiger partial charge in [0, 0.05) is 49.8 Å². The summed E-state index contributed by atoms with van der Waals surface area (Å²) in [6, 6.07) is 9.53. The molecule has 142 valence electrons. The highest BCUT2D eigenvalue weighted by Gasteiger charge is 2.41. The van der Waals surface area contributed by atoms with Crippen LogP contribution in [0.1, 0.15) is 60.3 Å². The number of methoxy groups -OCH3 is 1. The Balaban J connectivity index is 1.32. The van der Waals surface area contributed by atoms with Crippen LogP contribution < -0.4 is 4.74 Å². The molecule has 5 rings (SSSR count). The third-order valence-electron chi connectivity index (χ3n) is 6.11. The van der Waals surface area contributed by atoms with E-state index in [4.69, 9.17) is 19.4 Å². The second-order valence-corrected chi connectivity index (χ2v) is 8.02. The van der Waals surface area contributed by atoms with Crippen LogP contribution in [0.5, 0.6) is 5.75 Å². The average molecular weight is 365 g/mol. The van der Waals surface area contributed by atoms with Crippen LogP contribution in [0.2, 0.25) is 0 Å². The van der Waals surface area contributed by atoms with Crippen molar-refractivity contribution in [1.29, 1.82) is 0 Å². The summed E-state index contributed by atoms with van der Waals surface area (Å²) in [5.74, 6) is 2.64. The first-order chi connectivity index (χ1) is 13.3. The molecule has 0 amide bonds. The number of ether oxygens (including phenoxy) is 2. The molecule has 0 spiro atoms. The summed E-state index contributed by atoms with van der Waals surface area (Å²) in [5, 5.41) is 0. The van der Waals surface area contributed by atoms with Gasteiger partial charge >= 0.3 is 0 Å². The highest BCUT2D eigenvalue weighted by atomic mass is 16.5. The van der Waals surface area contributed by atoms with Gasteiger partial charge in [-0.15, -0.1) is 0 Å². The predicted molar refractivity (Wildman–Crippen MR) is 103 cm³/mol. The van der Waals surface area contributed by atoms with Gasteiger partial charge < -0.3 is 9.47 Å². The smallest absolute Gasteiger partial charge is 0.131 e. The quantitative estimate of drug-likeness (QED) is 0.701. The van der Waals surface area contributed by atoms with E-state index >= 15 is 0 Å². The summed E-state index contributed by atoms with van der Waals surface area (Å²) in [7, 11) is 1.70. The van der Waals surface area contributed by atoms with Gasteiger partial charge in [0.25, 0.3) is 0 Å². The Bertz CT molecular complexity index is 821. The van der Waals surface area contributed by atoms with Gasteiger partial charge in [0.15, 0.2) is 0 Å². The second kappa shape index (κ2) is 7.21. The third kappa shape index (κ3) is 3.46. The first-order valence-corrected chi connectivity index (χ1v) is 10.1. The maximum absolute atomic E-state index is 5.78. The van der Waals surface area contributed by atoms with Crippen molar-refractivity contribution < 1.29 is 9.47 Å². The summed E-state index contributed by atoms with van der Waals surface area (Å²) in [6.45, 7) is 2.16. The van der Waals surface area contributed by atoms with Crippen LogP contribution in [0.4, 0.5) is 0 Å². The van der Waals surface area contributed by atoms with Crippen LogP contribution in [0, 0.1) is 0 Å². The zero-order chi connectivity index (χ0) is 18.2. The Morgan fingerprint density at radius 3 is 2.93 bits per heavy atom. The molecule has 1 saturated heterocycles. The summed E-state index contributed by atoms with van der Waals surface area (Å²) in [4.78, 5) is 12.3. The molecular formula is C22H27N3O2. The Morgan fingerprint density at radius 2 is 2.07 bits per heavy atom. The lowest BCUT2D eigenvalue weighted by Gasteiger charge is -2.35. The van der Waals surface area contributed by atoms with Crippen molar-refractivity contribution >= 4 is 0 Å². The van der Waals surface area contributed by atoms with Crippen molar-refractivity contribution in [3.8, 4) is 5.75 Å². The van der Waals surface area contributed by atoms with Crippen molar-refractivity contribution in [1.82, 2.24) is 14.9 Å². The third-order valence-corrected chi connectivity index (χ3v) is 6.11. The Morgan fingerprint density at radius 1 is 1.15 bits per heavy atom. The molecular weight excluding hydrogens is 338 g/mol. The molecule has 0 N–H and O–H groups in total. The highest BCUT2D eigenvalue weighted by Crippen LogP contribution is 2.45. The minimum absolute atomic E-state index is 0.463. The summed E-state index contributed by atoms with van der Waals surface area (Å²) < 4.78 is 10.8. The van der Waals surface area contributed by atoms with Crippen molar-refractivity contribution in [3.63, 3.8) is 0 Å². The topological polar surface area (TPSA) is 47.5 Å². The summed E-state index contributed by atoms with van der Waals surface area (Å²) in [5.41, 5.74) is 3.98. The fourth-order valence-electron chi connectivity index (χ4n) is 4.56. The maximum atomic E-state index is 5.78. The van der Waals surface area contributed by atoms with Crippen molar-refractivity contribution in [2.24, 2.45) is 0 Å². The molecule has 2 aromatic rings. The van der Waals surface area contributed by atoms with E-state index in [1.54, 1.807) is 7.11 Å². The lowest BCUT2D eigenvalue weighted by atomic mass is 9.98. The molecule has 1 aromatic heterocycles. The summed E-state index contributed by atoms with van der Waals surface area (Å²) >= 11 is 0. The lowest BCUT2D eigenvalue weighted by Crippen LogP contribution is -2.37. The molecule has 2 fully saturated rings. The molecule has 5 heteroatoms. The van der Waals surface area contributed by atoms with Gasteiger partial charge in [-0.3, -0.25) is 4.90 Å². The van der Waals surface area contributed by atoms with Crippen LogP contribution in [-0.2, 0) is 17.7 Å². The second-order valence-electron chi connectivity index (χ2n) is 8.02. The monoisotopic (exact) mass is 365 g/mol. The maximum Gasteiger partial charge on any atom is 0.131 e. The predicted octanol–water partition coefficient (Wildman–Crippen LogP) is 3.64. The number of aromatic nitrogens is 2. The van der Waals surface area contributed by atoms with Crippen LogP contribution in [0.25, 0.3) is 0 Å². The van der Waals surface area contributed by atoms with Crippen molar-refractivity contribution in [3.05, 3.63) is 53.1 Å². The zero-order valence-corrected chi connectivity index (χ0v) is 15.9. The van der Waals surface area contributed by atoms with Gasteiger partial charge in [-0.25, -0.2) is 9.97 Å². The number of hydrogen-bond donors (Lipinski definition) is 0. The standard InChI is InChI=1S/C22H27N3O2/c1-26-9-10-27-18-4-2-3-15(11-18)14-25-17-7-8-21(25)19-13-23-22(16-5-6-16)24-20(19)12-17/h2-4,11,13,16-17,21H,5-10,12,14H2,1H3. The lowest BCUT2D eigenvalue weighted by molar-refractivity contribution is 0.146. The van der Waals surface area contributed by atoms with Crippen LogP contribution in [0.15, 0.2) is 30.5 Å². The van der Waals surface area contributed by atoms with Crippen molar-refractivity contribution in [2.75, 3.05) is 20.3 Å². The van der Waals surface area contributed by atoms with E-state index in [1.807, 2.05) is 6.07 Å². The molecule has 2 unspecified atom stereocenters. The molecule has 2 bridgehead atoms. The minimum atomic E-state index is 0.463.